The molecule has 8 heteroatoms. The number of urea groups is 1. The Kier molecular flexibility index (Phi) is 5.89. The summed E-state index contributed by atoms with van der Waals surface area (Å²) in [7, 11) is 0. The van der Waals surface area contributed by atoms with Crippen molar-refractivity contribution in [3.05, 3.63) is 93.8 Å². The quantitative estimate of drug-likeness (QED) is 0.461. The molecule has 0 atom stereocenters. The van der Waals surface area contributed by atoms with Crippen molar-refractivity contribution in [3.63, 3.8) is 0 Å². The van der Waals surface area contributed by atoms with Crippen LogP contribution in [-0.4, -0.2) is 28.4 Å². The number of imide groups is 2. The average Bonchev–Trinajstić information content (AvgIpc) is 3.07. The van der Waals surface area contributed by atoms with E-state index in [9.17, 15) is 19.2 Å². The lowest BCUT2D eigenvalue weighted by Crippen LogP contribution is -2.54. The largest absolute Gasteiger partial charge is 0.335 e. The van der Waals surface area contributed by atoms with Gasteiger partial charge in [0, 0.05) is 17.0 Å². The zero-order chi connectivity index (χ0) is 24.6. The second-order valence-electron chi connectivity index (χ2n) is 8.15. The van der Waals surface area contributed by atoms with E-state index >= 15 is 0 Å². The first-order chi connectivity index (χ1) is 16.2. The molecule has 34 heavy (non-hydrogen) atoms. The van der Waals surface area contributed by atoms with Gasteiger partial charge in [-0.1, -0.05) is 30.3 Å². The highest BCUT2D eigenvalue weighted by Gasteiger charge is 2.37. The summed E-state index contributed by atoms with van der Waals surface area (Å²) in [6.07, 6.45) is 1.44. The fourth-order valence-electron chi connectivity index (χ4n) is 3.87. The first kappa shape index (κ1) is 22.7. The molecule has 2 N–H and O–H groups in total. The summed E-state index contributed by atoms with van der Waals surface area (Å²) in [6, 6.07) is 15.0. The second kappa shape index (κ2) is 8.82. The fraction of sp³-hybridized carbons (Fsp3) is 0.154. The molecule has 4 rings (SSSR count). The van der Waals surface area contributed by atoms with Crippen molar-refractivity contribution in [1.82, 2.24) is 9.99 Å². The summed E-state index contributed by atoms with van der Waals surface area (Å²) in [5, 5.41) is 2.25. The zero-order valence-electron chi connectivity index (χ0n) is 19.3. The molecule has 172 valence electrons. The zero-order valence-corrected chi connectivity index (χ0v) is 19.3. The van der Waals surface area contributed by atoms with Crippen molar-refractivity contribution in [2.75, 3.05) is 10.3 Å². The number of barbiturate groups is 1. The van der Waals surface area contributed by atoms with E-state index in [1.165, 1.54) is 6.08 Å². The maximum atomic E-state index is 13.3. The molecule has 1 saturated heterocycles. The van der Waals surface area contributed by atoms with Gasteiger partial charge >= 0.3 is 6.03 Å². The third-order valence-corrected chi connectivity index (χ3v) is 5.94. The van der Waals surface area contributed by atoms with Gasteiger partial charge in [-0.05, 0) is 74.7 Å². The van der Waals surface area contributed by atoms with Crippen LogP contribution in [0.25, 0.3) is 6.08 Å². The topological polar surface area (TPSA) is 101 Å². The Bertz CT molecular complexity index is 1370. The highest BCUT2D eigenvalue weighted by Crippen LogP contribution is 2.27. The Labute approximate surface area is 196 Å². The van der Waals surface area contributed by atoms with Crippen LogP contribution in [0.15, 0.2) is 60.2 Å². The molecule has 2 aromatic carbocycles. The average molecular weight is 457 g/mol. The van der Waals surface area contributed by atoms with E-state index < -0.39 is 17.8 Å². The number of hydrogen-bond donors (Lipinski definition) is 2. The van der Waals surface area contributed by atoms with Crippen LogP contribution in [0.4, 0.5) is 10.5 Å². The Morgan fingerprint density at radius 2 is 1.65 bits per heavy atom. The number of amides is 5. The summed E-state index contributed by atoms with van der Waals surface area (Å²) in [4.78, 5) is 52.0. The third kappa shape index (κ3) is 4.01. The number of nitrogens with zero attached hydrogens (tertiary/aromatic N) is 2. The predicted octanol–water partition coefficient (Wildman–Crippen LogP) is 3.77. The molecule has 1 aromatic heterocycles. The third-order valence-electron chi connectivity index (χ3n) is 5.94. The lowest BCUT2D eigenvalue weighted by atomic mass is 10.0. The Hall–Kier alpha value is -4.46. The highest BCUT2D eigenvalue weighted by molar-refractivity contribution is 6.39. The molecule has 0 bridgehead atoms. The van der Waals surface area contributed by atoms with E-state index in [1.807, 2.05) is 26.0 Å². The smallest absolute Gasteiger partial charge is 0.273 e. The molecule has 0 radical (unpaired) electrons. The van der Waals surface area contributed by atoms with Gasteiger partial charge in [-0.15, -0.1) is 0 Å². The Morgan fingerprint density at radius 3 is 2.35 bits per heavy atom. The maximum Gasteiger partial charge on any atom is 0.335 e. The van der Waals surface area contributed by atoms with Crippen LogP contribution in [0.2, 0.25) is 0 Å². The molecule has 0 spiro atoms. The van der Waals surface area contributed by atoms with E-state index in [1.54, 1.807) is 61.0 Å². The van der Waals surface area contributed by atoms with Crippen molar-refractivity contribution in [1.29, 1.82) is 0 Å². The van der Waals surface area contributed by atoms with Crippen LogP contribution in [-0.2, 0) is 9.59 Å². The van der Waals surface area contributed by atoms with Crippen molar-refractivity contribution in [3.8, 4) is 0 Å². The van der Waals surface area contributed by atoms with Crippen LogP contribution in [0.5, 0.6) is 0 Å². The van der Waals surface area contributed by atoms with Crippen molar-refractivity contribution < 1.29 is 19.2 Å². The number of aryl methyl sites for hydroxylation is 2. The molecule has 8 nitrogen and oxygen atoms in total. The first-order valence-corrected chi connectivity index (χ1v) is 10.7. The van der Waals surface area contributed by atoms with Crippen LogP contribution < -0.4 is 15.6 Å². The summed E-state index contributed by atoms with van der Waals surface area (Å²) in [5.74, 6) is -1.77. The van der Waals surface area contributed by atoms with E-state index in [-0.39, 0.29) is 11.5 Å². The summed E-state index contributed by atoms with van der Waals surface area (Å²) >= 11 is 0. The molecule has 1 fully saturated rings. The number of benzene rings is 2. The minimum absolute atomic E-state index is 0.171. The van der Waals surface area contributed by atoms with Gasteiger partial charge in [-0.2, -0.15) is 0 Å². The van der Waals surface area contributed by atoms with E-state index in [0.717, 1.165) is 16.0 Å². The lowest BCUT2D eigenvalue weighted by molar-refractivity contribution is -0.122. The van der Waals surface area contributed by atoms with E-state index in [0.29, 0.717) is 28.2 Å². The van der Waals surface area contributed by atoms with Crippen LogP contribution in [0, 0.1) is 27.7 Å². The number of hydrogen-bond acceptors (Lipinski definition) is 4. The molecule has 1 aliphatic heterocycles. The van der Waals surface area contributed by atoms with Crippen LogP contribution in [0.1, 0.15) is 38.4 Å². The Morgan fingerprint density at radius 1 is 0.941 bits per heavy atom. The van der Waals surface area contributed by atoms with Crippen molar-refractivity contribution >= 4 is 35.5 Å². The van der Waals surface area contributed by atoms with Crippen molar-refractivity contribution in [2.45, 2.75) is 27.7 Å². The molecule has 5 amide bonds. The molecular weight excluding hydrogens is 432 g/mol. The summed E-state index contributed by atoms with van der Waals surface area (Å²) in [6.45, 7) is 7.26. The van der Waals surface area contributed by atoms with Gasteiger partial charge in [-0.25, -0.2) is 9.69 Å². The van der Waals surface area contributed by atoms with Gasteiger partial charge in [0.2, 0.25) is 0 Å². The number of carbonyl (C=O) groups is 4. The lowest BCUT2D eigenvalue weighted by Gasteiger charge is -2.28. The monoisotopic (exact) mass is 456 g/mol. The molecule has 0 aliphatic carbocycles. The van der Waals surface area contributed by atoms with E-state index in [2.05, 4.69) is 10.7 Å². The van der Waals surface area contributed by atoms with Gasteiger partial charge in [-0.3, -0.25) is 29.8 Å². The molecule has 1 aliphatic rings. The van der Waals surface area contributed by atoms with Crippen LogP contribution >= 0.6 is 0 Å². The SMILES string of the molecule is Cc1cccc(N2C(=O)NC(=O)/C(=C\c3cc(C)n(NC(=O)c4ccccc4)c3C)C2=O)c1C. The van der Waals surface area contributed by atoms with Gasteiger partial charge in [0.25, 0.3) is 17.7 Å². The Balaban J connectivity index is 1.69. The molecule has 0 saturated carbocycles. The number of aromatic nitrogens is 1. The standard InChI is InChI=1S/C26H24N4O4/c1-15-9-8-12-22(17(15)3)29-25(33)21(24(32)27-26(29)34)14-20-13-16(2)30(18(20)4)28-23(31)19-10-6-5-7-11-19/h5-14H,1-4H3,(H,28,31)(H,27,32,34)/b21-14+. The summed E-state index contributed by atoms with van der Waals surface area (Å²) in [5.41, 5.74) is 7.16. The highest BCUT2D eigenvalue weighted by atomic mass is 16.2. The molecule has 0 unspecified atom stereocenters. The molecule has 2 heterocycles. The molecule has 3 aromatic rings. The summed E-state index contributed by atoms with van der Waals surface area (Å²) < 4.78 is 1.60. The second-order valence-corrected chi connectivity index (χ2v) is 8.15. The number of carbonyl (C=O) groups excluding carboxylic acids is 4. The fourth-order valence-corrected chi connectivity index (χ4v) is 3.87. The minimum atomic E-state index is -0.790. The number of rotatable bonds is 4. The van der Waals surface area contributed by atoms with Gasteiger partial charge in [0.05, 0.1) is 5.69 Å². The van der Waals surface area contributed by atoms with Crippen LogP contribution in [0.3, 0.4) is 0 Å². The minimum Gasteiger partial charge on any atom is -0.273 e. The normalized spacial score (nSPS) is 15.0. The first-order valence-electron chi connectivity index (χ1n) is 10.7. The van der Waals surface area contributed by atoms with Gasteiger partial charge in [0.15, 0.2) is 0 Å². The number of nitrogens with one attached hydrogen (secondary N) is 2. The van der Waals surface area contributed by atoms with E-state index in [4.69, 9.17) is 0 Å². The predicted molar refractivity (Wildman–Crippen MR) is 129 cm³/mol. The van der Waals surface area contributed by atoms with Gasteiger partial charge < -0.3 is 0 Å². The van der Waals surface area contributed by atoms with Gasteiger partial charge in [0.1, 0.15) is 5.57 Å². The maximum absolute atomic E-state index is 13.3. The van der Waals surface area contributed by atoms with Crippen molar-refractivity contribution in [2.24, 2.45) is 0 Å². The number of anilines is 1. The molecular formula is C26H24N4O4.